The predicted octanol–water partition coefficient (Wildman–Crippen LogP) is 3.28. The Labute approximate surface area is 80.7 Å². The molecule has 2 heteroatoms. The van der Waals surface area contributed by atoms with Gasteiger partial charge in [0.15, 0.2) is 0 Å². The SMILES string of the molecule is C[Si](C)(C)C=Cc1ccc(O)cc1. The second-order valence-corrected chi connectivity index (χ2v) is 9.36. The molecule has 1 aromatic rings. The molecule has 0 heterocycles. The second kappa shape index (κ2) is 3.79. The average molecular weight is 192 g/mol. The standard InChI is InChI=1S/C11H16OSi/c1-13(2,3)9-8-10-4-6-11(12)7-5-10/h4-9,12H,1-3H3. The van der Waals surface area contributed by atoms with Crippen LogP contribution in [0.1, 0.15) is 5.56 Å². The Balaban J connectivity index is 2.75. The van der Waals surface area contributed by atoms with Gasteiger partial charge in [0.25, 0.3) is 0 Å². The lowest BCUT2D eigenvalue weighted by atomic mass is 10.2. The molecule has 0 spiro atoms. The van der Waals surface area contributed by atoms with Crippen molar-refractivity contribution < 1.29 is 5.11 Å². The molecule has 0 saturated heterocycles. The first-order valence-corrected chi connectivity index (χ1v) is 8.03. The van der Waals surface area contributed by atoms with Crippen LogP contribution >= 0.6 is 0 Å². The van der Waals surface area contributed by atoms with Crippen molar-refractivity contribution in [1.82, 2.24) is 0 Å². The molecule has 1 aromatic carbocycles. The minimum Gasteiger partial charge on any atom is -0.508 e. The molecule has 0 aromatic heterocycles. The van der Waals surface area contributed by atoms with E-state index < -0.39 is 8.07 Å². The van der Waals surface area contributed by atoms with Crippen molar-refractivity contribution in [1.29, 1.82) is 0 Å². The van der Waals surface area contributed by atoms with Crippen molar-refractivity contribution in [2.45, 2.75) is 19.6 Å². The summed E-state index contributed by atoms with van der Waals surface area (Å²) in [6, 6.07) is 7.27. The molecule has 0 radical (unpaired) electrons. The van der Waals surface area contributed by atoms with Crippen LogP contribution in [0.25, 0.3) is 6.08 Å². The summed E-state index contributed by atoms with van der Waals surface area (Å²) in [4.78, 5) is 0. The van der Waals surface area contributed by atoms with E-state index in [4.69, 9.17) is 5.11 Å². The van der Waals surface area contributed by atoms with Gasteiger partial charge in [-0.1, -0.05) is 43.5 Å². The largest absolute Gasteiger partial charge is 0.508 e. The number of phenolic OH excluding ortho intramolecular Hbond substituents is 1. The van der Waals surface area contributed by atoms with Crippen LogP contribution in [0.4, 0.5) is 0 Å². The van der Waals surface area contributed by atoms with Crippen LogP contribution < -0.4 is 0 Å². The normalized spacial score (nSPS) is 12.2. The first kappa shape index (κ1) is 10.1. The van der Waals surface area contributed by atoms with Crippen LogP contribution in [-0.4, -0.2) is 13.2 Å². The number of benzene rings is 1. The highest BCUT2D eigenvalue weighted by molar-refractivity contribution is 6.81. The van der Waals surface area contributed by atoms with Crippen molar-refractivity contribution in [3.05, 3.63) is 35.5 Å². The summed E-state index contributed by atoms with van der Waals surface area (Å²) < 4.78 is 0. The molecule has 0 aliphatic rings. The van der Waals surface area contributed by atoms with Crippen molar-refractivity contribution in [3.8, 4) is 5.75 Å². The maximum Gasteiger partial charge on any atom is 0.115 e. The summed E-state index contributed by atoms with van der Waals surface area (Å²) in [6.07, 6.45) is 2.13. The van der Waals surface area contributed by atoms with Gasteiger partial charge in [0.1, 0.15) is 5.75 Å². The zero-order chi connectivity index (χ0) is 9.90. The quantitative estimate of drug-likeness (QED) is 0.713. The van der Waals surface area contributed by atoms with E-state index in [2.05, 4.69) is 31.4 Å². The Morgan fingerprint density at radius 3 is 2.08 bits per heavy atom. The fourth-order valence-electron chi connectivity index (χ4n) is 0.932. The van der Waals surface area contributed by atoms with E-state index in [9.17, 15) is 0 Å². The first-order valence-electron chi connectivity index (χ1n) is 4.46. The second-order valence-electron chi connectivity index (χ2n) is 4.29. The van der Waals surface area contributed by atoms with Crippen molar-refractivity contribution in [3.63, 3.8) is 0 Å². The number of phenols is 1. The Morgan fingerprint density at radius 1 is 1.08 bits per heavy atom. The van der Waals surface area contributed by atoms with Crippen LogP contribution in [0, 0.1) is 0 Å². The zero-order valence-electron chi connectivity index (χ0n) is 8.41. The highest BCUT2D eigenvalue weighted by Gasteiger charge is 2.06. The van der Waals surface area contributed by atoms with E-state index >= 15 is 0 Å². The lowest BCUT2D eigenvalue weighted by Gasteiger charge is -2.07. The third kappa shape index (κ3) is 3.94. The fraction of sp³-hybridized carbons (Fsp3) is 0.273. The molecule has 1 nitrogen and oxygen atoms in total. The van der Waals surface area contributed by atoms with Gasteiger partial charge < -0.3 is 5.11 Å². The summed E-state index contributed by atoms with van der Waals surface area (Å²) >= 11 is 0. The van der Waals surface area contributed by atoms with Gasteiger partial charge >= 0.3 is 0 Å². The highest BCUT2D eigenvalue weighted by atomic mass is 28.3. The van der Waals surface area contributed by atoms with Gasteiger partial charge in [-0.15, -0.1) is 0 Å². The third-order valence-electron chi connectivity index (χ3n) is 1.67. The van der Waals surface area contributed by atoms with E-state index in [1.165, 1.54) is 0 Å². The molecule has 0 aliphatic carbocycles. The lowest BCUT2D eigenvalue weighted by Crippen LogP contribution is -2.15. The highest BCUT2D eigenvalue weighted by Crippen LogP contribution is 2.12. The Hall–Kier alpha value is -1.02. The van der Waals surface area contributed by atoms with Crippen molar-refractivity contribution in [2.24, 2.45) is 0 Å². The molecule has 0 fully saturated rings. The molecular weight excluding hydrogens is 176 g/mol. The number of hydrogen-bond donors (Lipinski definition) is 1. The minimum absolute atomic E-state index is 0.324. The Bertz CT molecular complexity index is 293. The summed E-state index contributed by atoms with van der Waals surface area (Å²) in [5.74, 6) is 0.324. The molecule has 0 saturated carbocycles. The Kier molecular flexibility index (Phi) is 2.93. The molecule has 1 N–H and O–H groups in total. The average Bonchev–Trinajstić information content (AvgIpc) is 2.02. The third-order valence-corrected chi connectivity index (χ3v) is 2.84. The topological polar surface area (TPSA) is 20.2 Å². The minimum atomic E-state index is -1.10. The first-order chi connectivity index (χ1) is 5.97. The molecule has 70 valence electrons. The number of rotatable bonds is 2. The summed E-state index contributed by atoms with van der Waals surface area (Å²) in [6.45, 7) is 6.89. The molecule has 0 atom stereocenters. The maximum absolute atomic E-state index is 9.07. The monoisotopic (exact) mass is 192 g/mol. The Morgan fingerprint density at radius 2 is 1.62 bits per heavy atom. The molecule has 0 aliphatic heterocycles. The van der Waals surface area contributed by atoms with E-state index in [-0.39, 0.29) is 0 Å². The molecule has 1 rings (SSSR count). The van der Waals surface area contributed by atoms with E-state index in [1.54, 1.807) is 12.1 Å². The van der Waals surface area contributed by atoms with Crippen molar-refractivity contribution in [2.75, 3.05) is 0 Å². The van der Waals surface area contributed by atoms with Gasteiger partial charge in [-0.2, -0.15) is 0 Å². The summed E-state index contributed by atoms with van der Waals surface area (Å²) in [5, 5.41) is 9.07. The molecule has 0 amide bonds. The maximum atomic E-state index is 9.07. The van der Waals surface area contributed by atoms with Crippen molar-refractivity contribution >= 4 is 14.1 Å². The molecule has 0 unspecified atom stereocenters. The summed E-state index contributed by atoms with van der Waals surface area (Å²) in [5.41, 5.74) is 3.44. The van der Waals surface area contributed by atoms with Crippen LogP contribution in [0.3, 0.4) is 0 Å². The smallest absolute Gasteiger partial charge is 0.115 e. The number of aromatic hydroxyl groups is 1. The molecular formula is C11H16OSi. The van der Waals surface area contributed by atoms with Gasteiger partial charge in [0.2, 0.25) is 0 Å². The van der Waals surface area contributed by atoms with Gasteiger partial charge in [-0.05, 0) is 17.7 Å². The lowest BCUT2D eigenvalue weighted by molar-refractivity contribution is 0.475. The molecule has 13 heavy (non-hydrogen) atoms. The summed E-state index contributed by atoms with van der Waals surface area (Å²) in [7, 11) is -1.10. The van der Waals surface area contributed by atoms with Gasteiger partial charge in [0.05, 0.1) is 8.07 Å². The number of hydrogen-bond acceptors (Lipinski definition) is 1. The van der Waals surface area contributed by atoms with E-state index in [0.29, 0.717) is 5.75 Å². The molecule has 0 bridgehead atoms. The van der Waals surface area contributed by atoms with Crippen LogP contribution in [-0.2, 0) is 0 Å². The van der Waals surface area contributed by atoms with Gasteiger partial charge in [-0.3, -0.25) is 0 Å². The van der Waals surface area contributed by atoms with E-state index in [1.807, 2.05) is 12.1 Å². The van der Waals surface area contributed by atoms with Crippen LogP contribution in [0.2, 0.25) is 19.6 Å². The van der Waals surface area contributed by atoms with Crippen LogP contribution in [0.15, 0.2) is 30.0 Å². The van der Waals surface area contributed by atoms with Crippen LogP contribution in [0.5, 0.6) is 5.75 Å². The fourth-order valence-corrected chi connectivity index (χ4v) is 1.62. The predicted molar refractivity (Wildman–Crippen MR) is 60.5 cm³/mol. The van der Waals surface area contributed by atoms with Gasteiger partial charge in [0, 0.05) is 0 Å². The van der Waals surface area contributed by atoms with E-state index in [0.717, 1.165) is 5.56 Å². The van der Waals surface area contributed by atoms with Gasteiger partial charge in [-0.25, -0.2) is 0 Å². The zero-order valence-corrected chi connectivity index (χ0v) is 9.41.